The topological polar surface area (TPSA) is 96.4 Å². The van der Waals surface area contributed by atoms with E-state index in [2.05, 4.69) is 86.7 Å². The minimum Gasteiger partial charge on any atom is -0.508 e. The molecule has 3 atom stereocenters. The van der Waals surface area contributed by atoms with E-state index in [0.717, 1.165) is 69.9 Å². The lowest BCUT2D eigenvalue weighted by Crippen LogP contribution is -2.52. The predicted molar refractivity (Wildman–Crippen MR) is 210 cm³/mol. The van der Waals surface area contributed by atoms with Crippen LogP contribution in [0.4, 0.5) is 11.4 Å². The molecule has 3 saturated heterocycles. The first-order valence-corrected chi connectivity index (χ1v) is 19.8. The number of benzene rings is 4. The largest absolute Gasteiger partial charge is 0.508 e. The van der Waals surface area contributed by atoms with Gasteiger partial charge in [0, 0.05) is 81.6 Å². The van der Waals surface area contributed by atoms with E-state index in [1.165, 1.54) is 40.8 Å². The van der Waals surface area contributed by atoms with Gasteiger partial charge in [-0.15, -0.1) is 0 Å². The molecule has 9 rings (SSSR count). The molecule has 0 aromatic heterocycles. The van der Waals surface area contributed by atoms with Crippen LogP contribution in [0.2, 0.25) is 0 Å². The highest BCUT2D eigenvalue weighted by molar-refractivity contribution is 6.05. The fourth-order valence-corrected chi connectivity index (χ4v) is 9.86. The summed E-state index contributed by atoms with van der Waals surface area (Å²) < 4.78 is 0. The molecule has 0 bridgehead atoms. The second-order valence-corrected chi connectivity index (χ2v) is 16.0. The van der Waals surface area contributed by atoms with Gasteiger partial charge in [0.2, 0.25) is 11.8 Å². The van der Waals surface area contributed by atoms with Crippen molar-refractivity contribution in [2.24, 2.45) is 5.92 Å². The number of piperazine rings is 1. The molecule has 1 aliphatic carbocycles. The molecular formula is C45H49N5O4. The number of carbonyl (C=O) groups excluding carboxylic acids is 3. The average molecular weight is 724 g/mol. The van der Waals surface area contributed by atoms with E-state index in [1.807, 2.05) is 24.3 Å². The number of aromatic hydroxyl groups is 1. The molecule has 9 nitrogen and oxygen atoms in total. The number of fused-ring (bicyclic) bond motifs is 2. The van der Waals surface area contributed by atoms with Gasteiger partial charge in [0.1, 0.15) is 11.8 Å². The maximum absolute atomic E-state index is 13.1. The molecule has 4 aromatic carbocycles. The highest BCUT2D eigenvalue weighted by Gasteiger charge is 2.39. The summed E-state index contributed by atoms with van der Waals surface area (Å²) in [5.74, 6) is 0.955. The minimum absolute atomic E-state index is 0.121. The highest BCUT2D eigenvalue weighted by atomic mass is 16.3. The van der Waals surface area contributed by atoms with Crippen LogP contribution in [0.25, 0.3) is 0 Å². The number of imide groups is 1. The van der Waals surface area contributed by atoms with Crippen molar-refractivity contribution >= 4 is 29.1 Å². The monoisotopic (exact) mass is 723 g/mol. The van der Waals surface area contributed by atoms with Crippen LogP contribution in [0.15, 0.2) is 91.0 Å². The van der Waals surface area contributed by atoms with Gasteiger partial charge in [-0.25, -0.2) is 0 Å². The highest BCUT2D eigenvalue weighted by Crippen LogP contribution is 2.47. The molecule has 278 valence electrons. The zero-order valence-electron chi connectivity index (χ0n) is 30.8. The first-order valence-electron chi connectivity index (χ1n) is 19.8. The molecule has 3 fully saturated rings. The smallest absolute Gasteiger partial charge is 0.255 e. The Labute approximate surface area is 317 Å². The lowest BCUT2D eigenvalue weighted by molar-refractivity contribution is -0.136. The Morgan fingerprint density at radius 1 is 0.667 bits per heavy atom. The van der Waals surface area contributed by atoms with Gasteiger partial charge in [-0.05, 0) is 114 Å². The molecule has 0 radical (unpaired) electrons. The molecule has 54 heavy (non-hydrogen) atoms. The van der Waals surface area contributed by atoms with Crippen LogP contribution in [-0.4, -0.2) is 84.5 Å². The van der Waals surface area contributed by atoms with E-state index in [0.29, 0.717) is 36.1 Å². The van der Waals surface area contributed by atoms with Crippen LogP contribution in [0.5, 0.6) is 5.75 Å². The second-order valence-electron chi connectivity index (χ2n) is 16.0. The van der Waals surface area contributed by atoms with E-state index in [1.54, 1.807) is 4.90 Å². The zero-order valence-corrected chi connectivity index (χ0v) is 30.8. The van der Waals surface area contributed by atoms with Gasteiger partial charge in [0.25, 0.3) is 5.91 Å². The lowest BCUT2D eigenvalue weighted by Gasteiger charge is -2.40. The molecule has 5 aliphatic rings. The van der Waals surface area contributed by atoms with Crippen LogP contribution in [0, 0.1) is 5.92 Å². The standard InChI is InChI=1S/C45H49N5O4/c51-37-12-15-39-33(27-37)8-13-38(31-4-2-1-3-5-31)43(39)32-6-9-35(10-7-32)48-20-18-30(19-21-48)28-47-22-24-49(25-23-47)36-11-14-40-34(26-36)29-50(45(40)54)41-16-17-42(52)46-44(41)53/h1-7,9-12,14-15,26-27,30,38,41,43,51H,8,13,16-25,28-29H2,(H,46,52,53)/t38?,41-,43?/m0/s1. The van der Waals surface area contributed by atoms with Crippen molar-refractivity contribution < 1.29 is 19.5 Å². The van der Waals surface area contributed by atoms with Gasteiger partial charge < -0.3 is 19.8 Å². The summed E-state index contributed by atoms with van der Waals surface area (Å²) in [6, 6.07) is 31.7. The van der Waals surface area contributed by atoms with Crippen molar-refractivity contribution in [3.63, 3.8) is 0 Å². The van der Waals surface area contributed by atoms with Crippen LogP contribution >= 0.6 is 0 Å². The first kappa shape index (κ1) is 34.6. The number of aryl methyl sites for hydroxylation is 1. The van der Waals surface area contributed by atoms with Crippen molar-refractivity contribution in [3.8, 4) is 5.75 Å². The lowest BCUT2D eigenvalue weighted by atomic mass is 9.69. The molecule has 4 aromatic rings. The second kappa shape index (κ2) is 14.6. The number of phenolic OH excluding ortho intramolecular Hbond substituents is 1. The number of nitrogens with zero attached hydrogens (tertiary/aromatic N) is 4. The molecule has 3 amide bonds. The Morgan fingerprint density at radius 2 is 1.41 bits per heavy atom. The summed E-state index contributed by atoms with van der Waals surface area (Å²) in [5.41, 5.74) is 9.39. The fraction of sp³-hybridized carbons (Fsp3) is 0.400. The van der Waals surface area contributed by atoms with E-state index in [4.69, 9.17) is 0 Å². The quantitative estimate of drug-likeness (QED) is 0.224. The Hall–Kier alpha value is -5.15. The Balaban J connectivity index is 0.780. The van der Waals surface area contributed by atoms with E-state index in [-0.39, 0.29) is 30.1 Å². The zero-order chi connectivity index (χ0) is 36.8. The third-order valence-electron chi connectivity index (χ3n) is 12.8. The summed E-state index contributed by atoms with van der Waals surface area (Å²) in [6.07, 6.45) is 5.08. The number of hydrogen-bond acceptors (Lipinski definition) is 7. The Kier molecular flexibility index (Phi) is 9.35. The molecule has 0 spiro atoms. The number of hydrogen-bond donors (Lipinski definition) is 2. The SMILES string of the molecule is O=C1CC[C@H](N2Cc3cc(N4CCN(CC5CCN(c6ccc(C7c8ccc(O)cc8CCC7c7ccccc7)cc6)CC5)CC4)ccc3C2=O)C(=O)N1. The molecule has 4 heterocycles. The maximum atomic E-state index is 13.1. The van der Waals surface area contributed by atoms with Gasteiger partial charge in [-0.1, -0.05) is 48.5 Å². The third kappa shape index (κ3) is 6.74. The minimum atomic E-state index is -0.585. The van der Waals surface area contributed by atoms with Crippen LogP contribution < -0.4 is 15.1 Å². The number of rotatable bonds is 7. The Bertz CT molecular complexity index is 2030. The number of carbonyl (C=O) groups is 3. The summed E-state index contributed by atoms with van der Waals surface area (Å²) in [5, 5.41) is 12.6. The molecule has 9 heteroatoms. The van der Waals surface area contributed by atoms with Crippen LogP contribution in [0.1, 0.15) is 82.1 Å². The number of anilines is 2. The third-order valence-corrected chi connectivity index (χ3v) is 12.8. The van der Waals surface area contributed by atoms with Crippen molar-refractivity contribution in [1.82, 2.24) is 15.1 Å². The summed E-state index contributed by atoms with van der Waals surface area (Å²) in [4.78, 5) is 46.5. The molecule has 0 saturated carbocycles. The van der Waals surface area contributed by atoms with E-state index < -0.39 is 6.04 Å². The van der Waals surface area contributed by atoms with Crippen LogP contribution in [-0.2, 0) is 22.6 Å². The van der Waals surface area contributed by atoms with Gasteiger partial charge in [-0.3, -0.25) is 24.6 Å². The Morgan fingerprint density at radius 3 is 2.17 bits per heavy atom. The summed E-state index contributed by atoms with van der Waals surface area (Å²) in [6.45, 7) is 7.64. The number of piperidine rings is 2. The van der Waals surface area contributed by atoms with Gasteiger partial charge >= 0.3 is 0 Å². The fourth-order valence-electron chi connectivity index (χ4n) is 9.86. The van der Waals surface area contributed by atoms with Crippen molar-refractivity contribution in [1.29, 1.82) is 0 Å². The van der Waals surface area contributed by atoms with Gasteiger partial charge in [0.05, 0.1) is 0 Å². The van der Waals surface area contributed by atoms with Crippen molar-refractivity contribution in [2.45, 2.75) is 62.9 Å². The number of nitrogens with one attached hydrogen (secondary N) is 1. The normalized spacial score (nSPS) is 23.7. The summed E-state index contributed by atoms with van der Waals surface area (Å²) in [7, 11) is 0. The molecule has 2 N–H and O–H groups in total. The van der Waals surface area contributed by atoms with Crippen LogP contribution in [0.3, 0.4) is 0 Å². The van der Waals surface area contributed by atoms with E-state index >= 15 is 0 Å². The first-order chi connectivity index (χ1) is 26.4. The molecule has 2 unspecified atom stereocenters. The van der Waals surface area contributed by atoms with Crippen molar-refractivity contribution in [2.75, 3.05) is 55.6 Å². The van der Waals surface area contributed by atoms with Crippen molar-refractivity contribution in [3.05, 3.63) is 124 Å². The summed E-state index contributed by atoms with van der Waals surface area (Å²) >= 11 is 0. The van der Waals surface area contributed by atoms with Gasteiger partial charge in [0.15, 0.2) is 0 Å². The van der Waals surface area contributed by atoms with E-state index in [9.17, 15) is 19.5 Å². The predicted octanol–water partition coefficient (Wildman–Crippen LogP) is 6.05. The number of amides is 3. The number of phenols is 1. The molecule has 4 aliphatic heterocycles. The average Bonchev–Trinajstić information content (AvgIpc) is 3.53. The van der Waals surface area contributed by atoms with Gasteiger partial charge in [-0.2, -0.15) is 0 Å². The maximum Gasteiger partial charge on any atom is 0.255 e. The molecular weight excluding hydrogens is 675 g/mol.